The average molecular weight is 276 g/mol. The Bertz CT molecular complexity index is 344. The zero-order chi connectivity index (χ0) is 12.7. The standard InChI is InChI=1S/C13H19Cl2NO/c1-3-4-10(7-8-16-2)17-11-5-6-12(14)13(15)9-11/h5-6,9-10,16H,3-4,7-8H2,1-2H3. The molecular formula is C13H19Cl2NO. The molecule has 0 aliphatic heterocycles. The van der Waals surface area contributed by atoms with Gasteiger partial charge in [0.25, 0.3) is 0 Å². The summed E-state index contributed by atoms with van der Waals surface area (Å²) in [7, 11) is 1.95. The van der Waals surface area contributed by atoms with Crippen molar-refractivity contribution in [3.8, 4) is 5.75 Å². The fourth-order valence-corrected chi connectivity index (χ4v) is 1.92. The summed E-state index contributed by atoms with van der Waals surface area (Å²) in [4.78, 5) is 0. The van der Waals surface area contributed by atoms with Crippen molar-refractivity contribution in [3.63, 3.8) is 0 Å². The van der Waals surface area contributed by atoms with Crippen LogP contribution in [0.25, 0.3) is 0 Å². The Balaban J connectivity index is 2.61. The van der Waals surface area contributed by atoms with Gasteiger partial charge < -0.3 is 10.1 Å². The van der Waals surface area contributed by atoms with E-state index in [1.807, 2.05) is 13.1 Å². The molecule has 0 saturated carbocycles. The number of rotatable bonds is 7. The SMILES string of the molecule is CCCC(CCNC)Oc1ccc(Cl)c(Cl)c1. The first-order chi connectivity index (χ1) is 8.17. The Kier molecular flexibility index (Phi) is 6.71. The maximum atomic E-state index is 5.95. The van der Waals surface area contributed by atoms with Crippen molar-refractivity contribution in [2.24, 2.45) is 0 Å². The summed E-state index contributed by atoms with van der Waals surface area (Å²) in [6.45, 7) is 3.11. The summed E-state index contributed by atoms with van der Waals surface area (Å²) in [6, 6.07) is 5.39. The predicted molar refractivity (Wildman–Crippen MR) is 74.3 cm³/mol. The highest BCUT2D eigenvalue weighted by atomic mass is 35.5. The van der Waals surface area contributed by atoms with Crippen LogP contribution in [-0.2, 0) is 0 Å². The Morgan fingerprint density at radius 2 is 2.00 bits per heavy atom. The Hall–Kier alpha value is -0.440. The second-order valence-corrected chi connectivity index (χ2v) is 4.81. The van der Waals surface area contributed by atoms with Crippen molar-refractivity contribution in [2.75, 3.05) is 13.6 Å². The van der Waals surface area contributed by atoms with E-state index in [9.17, 15) is 0 Å². The van der Waals surface area contributed by atoms with Crippen molar-refractivity contribution < 1.29 is 4.74 Å². The maximum absolute atomic E-state index is 5.95. The van der Waals surface area contributed by atoms with Crippen LogP contribution >= 0.6 is 23.2 Å². The third-order valence-corrected chi connectivity index (χ3v) is 3.26. The minimum Gasteiger partial charge on any atom is -0.490 e. The molecule has 0 aromatic heterocycles. The normalized spacial score (nSPS) is 12.5. The van der Waals surface area contributed by atoms with Crippen LogP contribution in [-0.4, -0.2) is 19.7 Å². The molecule has 1 unspecified atom stereocenters. The van der Waals surface area contributed by atoms with E-state index in [1.165, 1.54) is 0 Å². The lowest BCUT2D eigenvalue weighted by atomic mass is 10.1. The molecule has 1 atom stereocenters. The largest absolute Gasteiger partial charge is 0.490 e. The molecule has 0 saturated heterocycles. The molecule has 0 fully saturated rings. The van der Waals surface area contributed by atoms with Crippen LogP contribution in [0.1, 0.15) is 26.2 Å². The smallest absolute Gasteiger partial charge is 0.121 e. The van der Waals surface area contributed by atoms with Gasteiger partial charge in [-0.15, -0.1) is 0 Å². The molecule has 0 radical (unpaired) electrons. The highest BCUT2D eigenvalue weighted by Gasteiger charge is 2.10. The van der Waals surface area contributed by atoms with Crippen LogP contribution in [0.5, 0.6) is 5.75 Å². The quantitative estimate of drug-likeness (QED) is 0.807. The van der Waals surface area contributed by atoms with Gasteiger partial charge in [-0.1, -0.05) is 36.5 Å². The van der Waals surface area contributed by atoms with Gasteiger partial charge in [0.1, 0.15) is 5.75 Å². The molecule has 1 N–H and O–H groups in total. The van der Waals surface area contributed by atoms with E-state index in [-0.39, 0.29) is 6.10 Å². The van der Waals surface area contributed by atoms with Gasteiger partial charge in [0.05, 0.1) is 16.1 Å². The number of hydrogen-bond donors (Lipinski definition) is 1. The predicted octanol–water partition coefficient (Wildman–Crippen LogP) is 4.15. The van der Waals surface area contributed by atoms with E-state index in [4.69, 9.17) is 27.9 Å². The molecule has 4 heteroatoms. The molecule has 0 aliphatic carbocycles. The lowest BCUT2D eigenvalue weighted by Crippen LogP contribution is -2.22. The van der Waals surface area contributed by atoms with Gasteiger partial charge in [-0.25, -0.2) is 0 Å². The second-order valence-electron chi connectivity index (χ2n) is 4.00. The first-order valence-corrected chi connectivity index (χ1v) is 6.69. The summed E-state index contributed by atoms with van der Waals surface area (Å²) >= 11 is 11.8. The van der Waals surface area contributed by atoms with Crippen LogP contribution in [0, 0.1) is 0 Å². The molecule has 0 heterocycles. The van der Waals surface area contributed by atoms with Gasteiger partial charge in [0.2, 0.25) is 0 Å². The second kappa shape index (κ2) is 7.80. The van der Waals surface area contributed by atoms with Crippen LogP contribution in [0.2, 0.25) is 10.0 Å². The van der Waals surface area contributed by atoms with Gasteiger partial charge in [-0.05, 0) is 38.6 Å². The lowest BCUT2D eigenvalue weighted by Gasteiger charge is -2.18. The van der Waals surface area contributed by atoms with Crippen molar-refractivity contribution in [1.82, 2.24) is 5.32 Å². The van der Waals surface area contributed by atoms with Gasteiger partial charge in [-0.2, -0.15) is 0 Å². The maximum Gasteiger partial charge on any atom is 0.121 e. The highest BCUT2D eigenvalue weighted by molar-refractivity contribution is 6.42. The van der Waals surface area contributed by atoms with Crippen LogP contribution < -0.4 is 10.1 Å². The third kappa shape index (κ3) is 5.15. The zero-order valence-electron chi connectivity index (χ0n) is 10.3. The topological polar surface area (TPSA) is 21.3 Å². The Labute approximate surface area is 113 Å². The van der Waals surface area contributed by atoms with Gasteiger partial charge in [0.15, 0.2) is 0 Å². The van der Waals surface area contributed by atoms with E-state index in [0.29, 0.717) is 10.0 Å². The first-order valence-electron chi connectivity index (χ1n) is 5.93. The molecule has 1 aromatic carbocycles. The third-order valence-electron chi connectivity index (χ3n) is 2.52. The lowest BCUT2D eigenvalue weighted by molar-refractivity contribution is 0.180. The minimum absolute atomic E-state index is 0.227. The van der Waals surface area contributed by atoms with E-state index >= 15 is 0 Å². The molecule has 0 amide bonds. The van der Waals surface area contributed by atoms with Gasteiger partial charge >= 0.3 is 0 Å². The van der Waals surface area contributed by atoms with E-state index < -0.39 is 0 Å². The zero-order valence-corrected chi connectivity index (χ0v) is 11.8. The molecule has 1 rings (SSSR count). The summed E-state index contributed by atoms with van der Waals surface area (Å²) in [5.41, 5.74) is 0. The van der Waals surface area contributed by atoms with E-state index in [2.05, 4.69) is 12.2 Å². The number of nitrogens with one attached hydrogen (secondary N) is 1. The minimum atomic E-state index is 0.227. The molecule has 17 heavy (non-hydrogen) atoms. The van der Waals surface area contributed by atoms with Crippen LogP contribution in [0.15, 0.2) is 18.2 Å². The first kappa shape index (κ1) is 14.6. The summed E-state index contributed by atoms with van der Waals surface area (Å²) in [5, 5.41) is 4.23. The van der Waals surface area contributed by atoms with Crippen molar-refractivity contribution >= 4 is 23.2 Å². The molecule has 0 bridgehead atoms. The Morgan fingerprint density at radius 1 is 1.24 bits per heavy atom. The number of halogens is 2. The molecular weight excluding hydrogens is 257 g/mol. The Morgan fingerprint density at radius 3 is 2.59 bits per heavy atom. The van der Waals surface area contributed by atoms with Gasteiger partial charge in [-0.3, -0.25) is 0 Å². The average Bonchev–Trinajstić information content (AvgIpc) is 2.31. The van der Waals surface area contributed by atoms with Gasteiger partial charge in [0, 0.05) is 6.07 Å². The number of benzene rings is 1. The summed E-state index contributed by atoms with van der Waals surface area (Å²) in [5.74, 6) is 0.786. The van der Waals surface area contributed by atoms with E-state index in [0.717, 1.165) is 31.6 Å². The van der Waals surface area contributed by atoms with Crippen LogP contribution in [0.3, 0.4) is 0 Å². The number of ether oxygens (including phenoxy) is 1. The molecule has 0 spiro atoms. The summed E-state index contributed by atoms with van der Waals surface area (Å²) in [6.07, 6.45) is 3.37. The fourth-order valence-electron chi connectivity index (χ4n) is 1.63. The molecule has 2 nitrogen and oxygen atoms in total. The van der Waals surface area contributed by atoms with Crippen molar-refractivity contribution in [2.45, 2.75) is 32.3 Å². The number of hydrogen-bond acceptors (Lipinski definition) is 2. The van der Waals surface area contributed by atoms with Crippen LogP contribution in [0.4, 0.5) is 0 Å². The monoisotopic (exact) mass is 275 g/mol. The van der Waals surface area contributed by atoms with Crippen molar-refractivity contribution in [3.05, 3.63) is 28.2 Å². The fraction of sp³-hybridized carbons (Fsp3) is 0.538. The summed E-state index contributed by atoms with van der Waals surface area (Å²) < 4.78 is 5.91. The molecule has 1 aromatic rings. The highest BCUT2D eigenvalue weighted by Crippen LogP contribution is 2.27. The molecule has 96 valence electrons. The van der Waals surface area contributed by atoms with E-state index in [1.54, 1.807) is 12.1 Å². The van der Waals surface area contributed by atoms with Crippen molar-refractivity contribution in [1.29, 1.82) is 0 Å². The molecule has 0 aliphatic rings.